The molecule has 0 spiro atoms. The molecule has 0 unspecified atom stereocenters. The molecule has 2 amide bonds. The zero-order valence-electron chi connectivity index (χ0n) is 9.65. The van der Waals surface area contributed by atoms with Crippen molar-refractivity contribution in [2.45, 2.75) is 25.8 Å². The van der Waals surface area contributed by atoms with Gasteiger partial charge in [-0.05, 0) is 35.2 Å². The summed E-state index contributed by atoms with van der Waals surface area (Å²) in [6, 6.07) is 1.98. The lowest BCUT2D eigenvalue weighted by molar-refractivity contribution is -0.137. The second-order valence-corrected chi connectivity index (χ2v) is 4.96. The van der Waals surface area contributed by atoms with Gasteiger partial charge in [-0.2, -0.15) is 11.3 Å². The monoisotopic (exact) mass is 252 g/mol. The van der Waals surface area contributed by atoms with Crippen LogP contribution in [0.4, 0.5) is 0 Å². The average molecular weight is 252 g/mol. The van der Waals surface area contributed by atoms with Gasteiger partial charge in [-0.25, -0.2) is 0 Å². The lowest BCUT2D eigenvalue weighted by atomic mass is 10.1. The minimum absolute atomic E-state index is 0.0774. The van der Waals surface area contributed by atoms with Crippen molar-refractivity contribution in [3.63, 3.8) is 0 Å². The number of nitrogens with zero attached hydrogens (tertiary/aromatic N) is 1. The van der Waals surface area contributed by atoms with E-state index in [1.54, 1.807) is 16.2 Å². The highest BCUT2D eigenvalue weighted by Gasteiger charge is 2.19. The molecule has 1 N–H and O–H groups in total. The van der Waals surface area contributed by atoms with Crippen LogP contribution in [-0.4, -0.2) is 29.8 Å². The van der Waals surface area contributed by atoms with Gasteiger partial charge >= 0.3 is 0 Å². The summed E-state index contributed by atoms with van der Waals surface area (Å²) in [5.74, 6) is 0.0217. The van der Waals surface area contributed by atoms with Gasteiger partial charge in [-0.15, -0.1) is 0 Å². The van der Waals surface area contributed by atoms with Crippen LogP contribution in [0.25, 0.3) is 0 Å². The molecule has 1 aromatic heterocycles. The molecule has 0 saturated carbocycles. The summed E-state index contributed by atoms with van der Waals surface area (Å²) in [4.78, 5) is 24.8. The maximum atomic E-state index is 11.7. The second kappa shape index (κ2) is 5.82. The van der Waals surface area contributed by atoms with E-state index in [0.29, 0.717) is 19.5 Å². The third-order valence-electron chi connectivity index (χ3n) is 2.83. The van der Waals surface area contributed by atoms with Crippen LogP contribution >= 0.6 is 11.3 Å². The lowest BCUT2D eigenvalue weighted by Gasteiger charge is -2.25. The maximum Gasteiger partial charge on any atom is 0.239 e. The van der Waals surface area contributed by atoms with E-state index in [-0.39, 0.29) is 18.4 Å². The van der Waals surface area contributed by atoms with Crippen LogP contribution in [0.5, 0.6) is 0 Å². The van der Waals surface area contributed by atoms with Crippen LogP contribution in [0.1, 0.15) is 24.8 Å². The molecule has 0 bridgehead atoms. The van der Waals surface area contributed by atoms with Crippen LogP contribution in [0, 0.1) is 0 Å². The molecule has 0 aliphatic carbocycles. The first-order valence-corrected chi connectivity index (χ1v) is 6.75. The van der Waals surface area contributed by atoms with E-state index < -0.39 is 0 Å². The first-order chi connectivity index (χ1) is 8.25. The van der Waals surface area contributed by atoms with Crippen molar-refractivity contribution in [1.82, 2.24) is 10.2 Å². The summed E-state index contributed by atoms with van der Waals surface area (Å²) in [5.41, 5.74) is 1.10. The maximum absolute atomic E-state index is 11.7. The number of piperidine rings is 1. The average Bonchev–Trinajstić information content (AvgIpc) is 2.82. The minimum Gasteiger partial charge on any atom is -0.350 e. The summed E-state index contributed by atoms with van der Waals surface area (Å²) in [5, 5.41) is 6.81. The Bertz CT molecular complexity index is 389. The predicted molar refractivity (Wildman–Crippen MR) is 66.6 cm³/mol. The van der Waals surface area contributed by atoms with Gasteiger partial charge in [0.2, 0.25) is 11.8 Å². The zero-order valence-corrected chi connectivity index (χ0v) is 10.5. The predicted octanol–water partition coefficient (Wildman–Crippen LogP) is 1.38. The second-order valence-electron chi connectivity index (χ2n) is 4.18. The van der Waals surface area contributed by atoms with Crippen molar-refractivity contribution in [3.8, 4) is 0 Å². The Morgan fingerprint density at radius 3 is 3.06 bits per heavy atom. The Hall–Kier alpha value is -1.36. The molecule has 1 aliphatic rings. The molecule has 4 nitrogen and oxygen atoms in total. The van der Waals surface area contributed by atoms with E-state index in [1.165, 1.54) is 0 Å². The molecular formula is C12H16N2O2S. The molecule has 1 aliphatic heterocycles. The zero-order chi connectivity index (χ0) is 12.1. The fourth-order valence-corrected chi connectivity index (χ4v) is 2.52. The molecule has 1 fully saturated rings. The smallest absolute Gasteiger partial charge is 0.239 e. The first-order valence-electron chi connectivity index (χ1n) is 5.81. The van der Waals surface area contributed by atoms with Gasteiger partial charge in [0.15, 0.2) is 0 Å². The Labute approximate surface area is 105 Å². The highest BCUT2D eigenvalue weighted by molar-refractivity contribution is 7.07. The molecular weight excluding hydrogens is 236 g/mol. The van der Waals surface area contributed by atoms with Crippen molar-refractivity contribution in [2.75, 3.05) is 13.1 Å². The van der Waals surface area contributed by atoms with Crippen LogP contribution in [0.15, 0.2) is 16.8 Å². The number of amides is 2. The topological polar surface area (TPSA) is 49.4 Å². The number of likely N-dealkylation sites (tertiary alicyclic amines) is 1. The molecule has 1 saturated heterocycles. The van der Waals surface area contributed by atoms with Gasteiger partial charge in [-0.1, -0.05) is 0 Å². The van der Waals surface area contributed by atoms with E-state index >= 15 is 0 Å². The summed E-state index contributed by atoms with van der Waals surface area (Å²) >= 11 is 1.61. The Balaban J connectivity index is 1.75. The van der Waals surface area contributed by atoms with Gasteiger partial charge in [0.05, 0.1) is 6.54 Å². The summed E-state index contributed by atoms with van der Waals surface area (Å²) in [6.07, 6.45) is 2.53. The molecule has 92 valence electrons. The van der Waals surface area contributed by atoms with Gasteiger partial charge in [0.25, 0.3) is 0 Å². The standard InChI is InChI=1S/C12H16N2O2S/c15-11(13-7-10-4-6-17-9-10)8-14-5-2-1-3-12(14)16/h4,6,9H,1-3,5,7-8H2,(H,13,15). The Morgan fingerprint density at radius 2 is 2.35 bits per heavy atom. The van der Waals surface area contributed by atoms with E-state index in [2.05, 4.69) is 5.32 Å². The van der Waals surface area contributed by atoms with Crippen molar-refractivity contribution in [2.24, 2.45) is 0 Å². The van der Waals surface area contributed by atoms with Crippen LogP contribution in [0.3, 0.4) is 0 Å². The third kappa shape index (κ3) is 3.56. The fraction of sp³-hybridized carbons (Fsp3) is 0.500. The van der Waals surface area contributed by atoms with Crippen molar-refractivity contribution in [1.29, 1.82) is 0 Å². The Kier molecular flexibility index (Phi) is 4.14. The van der Waals surface area contributed by atoms with Crippen LogP contribution in [-0.2, 0) is 16.1 Å². The van der Waals surface area contributed by atoms with Gasteiger partial charge in [-0.3, -0.25) is 9.59 Å². The molecule has 2 rings (SSSR count). The van der Waals surface area contributed by atoms with Crippen LogP contribution < -0.4 is 5.32 Å². The highest BCUT2D eigenvalue weighted by Crippen LogP contribution is 2.10. The number of carbonyl (C=O) groups is 2. The molecule has 0 radical (unpaired) electrons. The van der Waals surface area contributed by atoms with Gasteiger partial charge in [0, 0.05) is 19.5 Å². The number of hydrogen-bond acceptors (Lipinski definition) is 3. The number of thiophene rings is 1. The SMILES string of the molecule is O=C(CN1CCCCC1=O)NCc1ccsc1. The Morgan fingerprint density at radius 1 is 1.47 bits per heavy atom. The van der Waals surface area contributed by atoms with Crippen molar-refractivity contribution >= 4 is 23.2 Å². The highest BCUT2D eigenvalue weighted by atomic mass is 32.1. The number of carbonyl (C=O) groups excluding carboxylic acids is 2. The molecule has 0 atom stereocenters. The summed E-state index contributed by atoms with van der Waals surface area (Å²) < 4.78 is 0. The molecule has 2 heterocycles. The number of nitrogens with one attached hydrogen (secondary N) is 1. The fourth-order valence-electron chi connectivity index (χ4n) is 1.85. The lowest BCUT2D eigenvalue weighted by Crippen LogP contribution is -2.42. The van der Waals surface area contributed by atoms with E-state index in [9.17, 15) is 9.59 Å². The number of rotatable bonds is 4. The number of hydrogen-bond donors (Lipinski definition) is 1. The molecule has 17 heavy (non-hydrogen) atoms. The van der Waals surface area contributed by atoms with E-state index in [0.717, 1.165) is 18.4 Å². The van der Waals surface area contributed by atoms with E-state index in [4.69, 9.17) is 0 Å². The van der Waals surface area contributed by atoms with Gasteiger partial charge in [0.1, 0.15) is 0 Å². The largest absolute Gasteiger partial charge is 0.350 e. The minimum atomic E-state index is -0.0774. The normalized spacial score (nSPS) is 16.0. The first kappa shape index (κ1) is 12.1. The molecule has 5 heteroatoms. The van der Waals surface area contributed by atoms with Gasteiger partial charge < -0.3 is 10.2 Å². The molecule has 0 aromatic carbocycles. The summed E-state index contributed by atoms with van der Waals surface area (Å²) in [6.45, 7) is 1.46. The quantitative estimate of drug-likeness (QED) is 0.880. The van der Waals surface area contributed by atoms with E-state index in [1.807, 2.05) is 16.8 Å². The van der Waals surface area contributed by atoms with Crippen molar-refractivity contribution < 1.29 is 9.59 Å². The molecule has 1 aromatic rings. The third-order valence-corrected chi connectivity index (χ3v) is 3.56. The summed E-state index contributed by atoms with van der Waals surface area (Å²) in [7, 11) is 0. The van der Waals surface area contributed by atoms with Crippen LogP contribution in [0.2, 0.25) is 0 Å². The van der Waals surface area contributed by atoms with Crippen molar-refractivity contribution in [3.05, 3.63) is 22.4 Å².